The Hall–Kier alpha value is -2.37. The third-order valence-electron chi connectivity index (χ3n) is 4.62. The van der Waals surface area contributed by atoms with Crippen LogP contribution in [-0.4, -0.2) is 50.3 Å². The van der Waals surface area contributed by atoms with Crippen LogP contribution in [0.25, 0.3) is 0 Å². The molecule has 0 unspecified atom stereocenters. The molecule has 0 radical (unpaired) electrons. The summed E-state index contributed by atoms with van der Waals surface area (Å²) in [4.78, 5) is 14.9. The van der Waals surface area contributed by atoms with Gasteiger partial charge >= 0.3 is 0 Å². The second kappa shape index (κ2) is 9.36. The summed E-state index contributed by atoms with van der Waals surface area (Å²) in [6.07, 6.45) is 0.674. The number of benzene rings is 2. The molecule has 26 heavy (non-hydrogen) atoms. The first-order valence-electron chi connectivity index (χ1n) is 9.03. The molecule has 5 heteroatoms. The Morgan fingerprint density at radius 3 is 2.42 bits per heavy atom. The first-order chi connectivity index (χ1) is 12.8. The van der Waals surface area contributed by atoms with Crippen LogP contribution in [0.2, 0.25) is 0 Å². The van der Waals surface area contributed by atoms with Crippen LogP contribution < -0.4 is 10.1 Å². The van der Waals surface area contributed by atoms with Crippen molar-refractivity contribution in [3.63, 3.8) is 0 Å². The smallest absolute Gasteiger partial charge is 0.240 e. The van der Waals surface area contributed by atoms with E-state index >= 15 is 0 Å². The fraction of sp³-hybridized carbons (Fsp3) is 0.381. The molecular formula is C21H26N2O3. The number of carbonyl (C=O) groups excluding carboxylic acids is 1. The van der Waals surface area contributed by atoms with E-state index in [-0.39, 0.29) is 11.9 Å². The standard InChI is InChI=1S/C21H26N2O3/c1-25-19-9-7-18(8-10-19)16-22-20(15-17-5-3-2-4-6-17)21(24)23-11-13-26-14-12-23/h2-10,20,22H,11-16H2,1H3/t20-/m1/s1. The molecule has 2 aromatic carbocycles. The maximum Gasteiger partial charge on any atom is 0.240 e. The summed E-state index contributed by atoms with van der Waals surface area (Å²) in [5.74, 6) is 0.977. The lowest BCUT2D eigenvalue weighted by Crippen LogP contribution is -2.51. The summed E-state index contributed by atoms with van der Waals surface area (Å²) in [6.45, 7) is 3.19. The molecule has 5 nitrogen and oxygen atoms in total. The van der Waals surface area contributed by atoms with E-state index in [2.05, 4.69) is 17.4 Å². The Bertz CT molecular complexity index is 682. The third kappa shape index (κ3) is 5.07. The van der Waals surface area contributed by atoms with Gasteiger partial charge in [0.05, 0.1) is 26.4 Å². The number of amides is 1. The van der Waals surface area contributed by atoms with Crippen molar-refractivity contribution in [2.75, 3.05) is 33.4 Å². The molecule has 1 heterocycles. The summed E-state index contributed by atoms with van der Waals surface area (Å²) in [7, 11) is 1.66. The summed E-state index contributed by atoms with van der Waals surface area (Å²) in [5, 5.41) is 3.45. The summed E-state index contributed by atoms with van der Waals surface area (Å²) in [6, 6.07) is 17.8. The van der Waals surface area contributed by atoms with E-state index in [1.54, 1.807) is 7.11 Å². The fourth-order valence-electron chi connectivity index (χ4n) is 3.09. The van der Waals surface area contributed by atoms with Crippen LogP contribution in [0.1, 0.15) is 11.1 Å². The molecule has 0 aromatic heterocycles. The molecule has 1 aliphatic heterocycles. The van der Waals surface area contributed by atoms with E-state index < -0.39 is 0 Å². The molecule has 1 N–H and O–H groups in total. The van der Waals surface area contributed by atoms with Gasteiger partial charge in [0.1, 0.15) is 5.75 Å². The van der Waals surface area contributed by atoms with E-state index in [4.69, 9.17) is 9.47 Å². The summed E-state index contributed by atoms with van der Waals surface area (Å²) >= 11 is 0. The van der Waals surface area contributed by atoms with Crippen LogP contribution in [0.15, 0.2) is 54.6 Å². The van der Waals surface area contributed by atoms with Crippen LogP contribution in [0.5, 0.6) is 5.75 Å². The minimum absolute atomic E-state index is 0.144. The molecule has 1 fully saturated rings. The van der Waals surface area contributed by atoms with Crippen molar-refractivity contribution in [1.29, 1.82) is 0 Å². The average molecular weight is 354 g/mol. The number of nitrogens with one attached hydrogen (secondary N) is 1. The summed E-state index contributed by atoms with van der Waals surface area (Å²) in [5.41, 5.74) is 2.28. The van der Waals surface area contributed by atoms with Crippen molar-refractivity contribution in [2.24, 2.45) is 0 Å². The summed E-state index contributed by atoms with van der Waals surface area (Å²) < 4.78 is 10.6. The highest BCUT2D eigenvalue weighted by atomic mass is 16.5. The van der Waals surface area contributed by atoms with Gasteiger partial charge in [0.2, 0.25) is 5.91 Å². The Morgan fingerprint density at radius 1 is 1.08 bits per heavy atom. The number of methoxy groups -OCH3 is 1. The molecule has 0 spiro atoms. The number of hydrogen-bond acceptors (Lipinski definition) is 4. The van der Waals surface area contributed by atoms with Gasteiger partial charge in [0.15, 0.2) is 0 Å². The normalized spacial score (nSPS) is 15.5. The number of morpholine rings is 1. The van der Waals surface area contributed by atoms with Crippen molar-refractivity contribution in [3.05, 3.63) is 65.7 Å². The van der Waals surface area contributed by atoms with Gasteiger partial charge < -0.3 is 19.7 Å². The molecule has 1 amide bonds. The van der Waals surface area contributed by atoms with Crippen molar-refractivity contribution in [2.45, 2.75) is 19.0 Å². The van der Waals surface area contributed by atoms with E-state index in [0.29, 0.717) is 39.3 Å². The van der Waals surface area contributed by atoms with Gasteiger partial charge in [-0.1, -0.05) is 42.5 Å². The molecule has 0 aliphatic carbocycles. The highest BCUT2D eigenvalue weighted by Crippen LogP contribution is 2.13. The Labute approximate surface area is 154 Å². The minimum atomic E-state index is -0.252. The number of carbonyl (C=O) groups is 1. The molecule has 0 bridgehead atoms. The second-order valence-electron chi connectivity index (χ2n) is 6.41. The van der Waals surface area contributed by atoms with E-state index in [9.17, 15) is 4.79 Å². The zero-order valence-electron chi connectivity index (χ0n) is 15.2. The van der Waals surface area contributed by atoms with Crippen LogP contribution in [0, 0.1) is 0 Å². The average Bonchev–Trinajstić information content (AvgIpc) is 2.72. The molecule has 1 saturated heterocycles. The lowest BCUT2D eigenvalue weighted by molar-refractivity contribution is -0.137. The second-order valence-corrected chi connectivity index (χ2v) is 6.41. The van der Waals surface area contributed by atoms with Gasteiger partial charge in [-0.3, -0.25) is 4.79 Å². The first-order valence-corrected chi connectivity index (χ1v) is 9.03. The maximum absolute atomic E-state index is 13.0. The lowest BCUT2D eigenvalue weighted by atomic mass is 10.0. The van der Waals surface area contributed by atoms with Crippen molar-refractivity contribution >= 4 is 5.91 Å². The topological polar surface area (TPSA) is 50.8 Å². The highest BCUT2D eigenvalue weighted by Gasteiger charge is 2.25. The van der Waals surface area contributed by atoms with E-state index in [1.807, 2.05) is 47.4 Å². The predicted molar refractivity (Wildman–Crippen MR) is 101 cm³/mol. The fourth-order valence-corrected chi connectivity index (χ4v) is 3.09. The minimum Gasteiger partial charge on any atom is -0.497 e. The molecule has 1 atom stereocenters. The van der Waals surface area contributed by atoms with Gasteiger partial charge in [-0.05, 0) is 29.7 Å². The molecule has 138 valence electrons. The molecule has 2 aromatic rings. The zero-order chi connectivity index (χ0) is 18.2. The third-order valence-corrected chi connectivity index (χ3v) is 4.62. The number of rotatable bonds is 7. The largest absolute Gasteiger partial charge is 0.497 e. The highest BCUT2D eigenvalue weighted by molar-refractivity contribution is 5.82. The van der Waals surface area contributed by atoms with Gasteiger partial charge in [-0.15, -0.1) is 0 Å². The van der Waals surface area contributed by atoms with Crippen LogP contribution in [-0.2, 0) is 22.5 Å². The quantitative estimate of drug-likeness (QED) is 0.829. The Kier molecular flexibility index (Phi) is 6.63. The van der Waals surface area contributed by atoms with Gasteiger partial charge in [0, 0.05) is 19.6 Å². The van der Waals surface area contributed by atoms with Crippen LogP contribution in [0.4, 0.5) is 0 Å². The maximum atomic E-state index is 13.0. The van der Waals surface area contributed by atoms with Gasteiger partial charge in [0.25, 0.3) is 0 Å². The van der Waals surface area contributed by atoms with Gasteiger partial charge in [-0.2, -0.15) is 0 Å². The van der Waals surface area contributed by atoms with Crippen molar-refractivity contribution < 1.29 is 14.3 Å². The number of ether oxygens (including phenoxy) is 2. The number of nitrogens with zero attached hydrogens (tertiary/aromatic N) is 1. The number of hydrogen-bond donors (Lipinski definition) is 1. The Morgan fingerprint density at radius 2 is 1.77 bits per heavy atom. The van der Waals surface area contributed by atoms with E-state index in [0.717, 1.165) is 16.9 Å². The Balaban J connectivity index is 1.67. The molecular weight excluding hydrogens is 328 g/mol. The van der Waals surface area contributed by atoms with Crippen molar-refractivity contribution in [3.8, 4) is 5.75 Å². The van der Waals surface area contributed by atoms with Crippen molar-refractivity contribution in [1.82, 2.24) is 10.2 Å². The van der Waals surface area contributed by atoms with Crippen LogP contribution in [0.3, 0.4) is 0 Å². The first kappa shape index (κ1) is 18.4. The predicted octanol–water partition coefficient (Wildman–Crippen LogP) is 2.25. The zero-order valence-corrected chi connectivity index (χ0v) is 15.2. The lowest BCUT2D eigenvalue weighted by Gasteiger charge is -2.31. The van der Waals surface area contributed by atoms with E-state index in [1.165, 1.54) is 0 Å². The monoisotopic (exact) mass is 354 g/mol. The SMILES string of the molecule is COc1ccc(CN[C@H](Cc2ccccc2)C(=O)N2CCOCC2)cc1. The molecule has 3 rings (SSSR count). The molecule has 1 aliphatic rings. The molecule has 0 saturated carbocycles. The van der Waals surface area contributed by atoms with Crippen LogP contribution >= 0.6 is 0 Å². The van der Waals surface area contributed by atoms with Gasteiger partial charge in [-0.25, -0.2) is 0 Å².